The Balaban J connectivity index is 1.78. The Morgan fingerprint density at radius 2 is 2.16 bits per heavy atom. The van der Waals surface area contributed by atoms with Gasteiger partial charge in [0.15, 0.2) is 0 Å². The summed E-state index contributed by atoms with van der Waals surface area (Å²) >= 11 is 0. The predicted molar refractivity (Wildman–Crippen MR) is 76.9 cm³/mol. The highest BCUT2D eigenvalue weighted by molar-refractivity contribution is 5.76. The molecular formula is C14H22N4O. The first-order valence-corrected chi connectivity index (χ1v) is 6.90. The maximum Gasteiger partial charge on any atom is 0.224 e. The first-order chi connectivity index (χ1) is 9.16. The third-order valence-corrected chi connectivity index (χ3v) is 3.44. The van der Waals surface area contributed by atoms with Crippen molar-refractivity contribution in [2.45, 2.75) is 32.6 Å². The highest BCUT2D eigenvalue weighted by Gasteiger charge is 2.15. The van der Waals surface area contributed by atoms with Crippen LogP contribution in [-0.4, -0.2) is 35.4 Å². The van der Waals surface area contributed by atoms with E-state index in [9.17, 15) is 4.79 Å². The first-order valence-electron chi connectivity index (χ1n) is 6.90. The molecular weight excluding hydrogens is 240 g/mol. The van der Waals surface area contributed by atoms with Crippen LogP contribution in [-0.2, 0) is 4.79 Å². The van der Waals surface area contributed by atoms with Crippen LogP contribution < -0.4 is 11.1 Å². The number of hydrogen-bond donors (Lipinski definition) is 2. The number of amides is 1. The molecule has 1 fully saturated rings. The second-order valence-electron chi connectivity index (χ2n) is 5.05. The number of rotatable bonds is 4. The molecule has 0 bridgehead atoms. The molecule has 0 spiro atoms. The van der Waals surface area contributed by atoms with Crippen LogP contribution in [0.15, 0.2) is 12.3 Å². The number of nitrogen functional groups attached to an aromatic ring is 1. The molecule has 0 aromatic carbocycles. The monoisotopic (exact) mass is 262 g/mol. The van der Waals surface area contributed by atoms with Gasteiger partial charge in [-0.25, -0.2) is 4.98 Å². The van der Waals surface area contributed by atoms with Crippen molar-refractivity contribution >= 4 is 17.4 Å². The number of hydrogen-bond acceptors (Lipinski definition) is 4. The van der Waals surface area contributed by atoms with Gasteiger partial charge in [-0.1, -0.05) is 0 Å². The molecule has 5 heteroatoms. The van der Waals surface area contributed by atoms with Gasteiger partial charge in [0.25, 0.3) is 0 Å². The molecule has 104 valence electrons. The van der Waals surface area contributed by atoms with E-state index in [0.717, 1.165) is 37.3 Å². The molecule has 1 amide bonds. The van der Waals surface area contributed by atoms with Gasteiger partial charge < -0.3 is 16.0 Å². The third kappa shape index (κ3) is 3.84. The first kappa shape index (κ1) is 13.6. The lowest BCUT2D eigenvalue weighted by molar-refractivity contribution is -0.131. The molecule has 0 radical (unpaired) electrons. The van der Waals surface area contributed by atoms with Gasteiger partial charge in [0.1, 0.15) is 5.82 Å². The van der Waals surface area contributed by atoms with E-state index in [1.807, 2.05) is 17.9 Å². The molecule has 19 heavy (non-hydrogen) atoms. The molecule has 3 N–H and O–H groups in total. The Morgan fingerprint density at radius 1 is 1.42 bits per heavy atom. The molecule has 0 aliphatic carbocycles. The van der Waals surface area contributed by atoms with Crippen molar-refractivity contribution in [1.82, 2.24) is 9.88 Å². The molecule has 1 aromatic rings. The molecule has 1 aliphatic heterocycles. The molecule has 0 atom stereocenters. The van der Waals surface area contributed by atoms with Crippen molar-refractivity contribution < 1.29 is 4.79 Å². The maximum absolute atomic E-state index is 12.0. The van der Waals surface area contributed by atoms with Crippen LogP contribution >= 0.6 is 0 Å². The second kappa shape index (κ2) is 6.41. The summed E-state index contributed by atoms with van der Waals surface area (Å²) in [6.07, 6.45) is 5.67. The summed E-state index contributed by atoms with van der Waals surface area (Å²) in [5.41, 5.74) is 7.32. The fourth-order valence-corrected chi connectivity index (χ4v) is 2.37. The zero-order valence-corrected chi connectivity index (χ0v) is 11.5. The minimum atomic E-state index is 0.236. The lowest BCUT2D eigenvalue weighted by Gasteiger charge is -2.26. The van der Waals surface area contributed by atoms with E-state index in [1.54, 1.807) is 6.20 Å². The number of pyridine rings is 1. The number of aryl methyl sites for hydroxylation is 1. The normalized spacial score (nSPS) is 15.3. The fraction of sp³-hybridized carbons (Fsp3) is 0.571. The van der Waals surface area contributed by atoms with Gasteiger partial charge in [-0.2, -0.15) is 0 Å². The Morgan fingerprint density at radius 3 is 2.84 bits per heavy atom. The van der Waals surface area contributed by atoms with E-state index < -0.39 is 0 Å². The van der Waals surface area contributed by atoms with Crippen LogP contribution in [0.2, 0.25) is 0 Å². The highest BCUT2D eigenvalue weighted by atomic mass is 16.2. The quantitative estimate of drug-likeness (QED) is 0.867. The lowest BCUT2D eigenvalue weighted by atomic mass is 10.1. The highest BCUT2D eigenvalue weighted by Crippen LogP contribution is 2.14. The number of carbonyl (C=O) groups is 1. The van der Waals surface area contributed by atoms with Crippen LogP contribution in [0.25, 0.3) is 0 Å². The van der Waals surface area contributed by atoms with E-state index in [0.29, 0.717) is 18.7 Å². The van der Waals surface area contributed by atoms with Crippen molar-refractivity contribution in [3.8, 4) is 0 Å². The number of piperidine rings is 1. The van der Waals surface area contributed by atoms with Gasteiger partial charge >= 0.3 is 0 Å². The van der Waals surface area contributed by atoms with Crippen molar-refractivity contribution in [1.29, 1.82) is 0 Å². The molecule has 0 unspecified atom stereocenters. The van der Waals surface area contributed by atoms with Crippen molar-refractivity contribution in [2.24, 2.45) is 0 Å². The summed E-state index contributed by atoms with van der Waals surface area (Å²) in [5, 5.41) is 3.20. The maximum atomic E-state index is 12.0. The number of nitrogens with one attached hydrogen (secondary N) is 1. The van der Waals surface area contributed by atoms with E-state index in [-0.39, 0.29) is 5.91 Å². The van der Waals surface area contributed by atoms with Crippen LogP contribution in [0.5, 0.6) is 0 Å². The summed E-state index contributed by atoms with van der Waals surface area (Å²) in [6, 6.07) is 1.88. The van der Waals surface area contributed by atoms with Crippen LogP contribution in [0, 0.1) is 6.92 Å². The SMILES string of the molecule is Cc1cc(N)cnc1NCCC(=O)N1CCCCC1. The topological polar surface area (TPSA) is 71.2 Å². The van der Waals surface area contributed by atoms with Crippen molar-refractivity contribution in [3.63, 3.8) is 0 Å². The Hall–Kier alpha value is -1.78. The summed E-state index contributed by atoms with van der Waals surface area (Å²) < 4.78 is 0. The second-order valence-corrected chi connectivity index (χ2v) is 5.05. The van der Waals surface area contributed by atoms with Gasteiger partial charge in [0.2, 0.25) is 5.91 Å². The van der Waals surface area contributed by atoms with Crippen molar-refractivity contribution in [3.05, 3.63) is 17.8 Å². The predicted octanol–water partition coefficient (Wildman–Crippen LogP) is 1.79. The van der Waals surface area contributed by atoms with E-state index in [4.69, 9.17) is 5.73 Å². The Bertz CT molecular complexity index is 441. The molecule has 1 aromatic heterocycles. The molecule has 2 heterocycles. The number of anilines is 2. The summed E-state index contributed by atoms with van der Waals surface area (Å²) in [7, 11) is 0. The number of nitrogens with zero attached hydrogens (tertiary/aromatic N) is 2. The van der Waals surface area contributed by atoms with Gasteiger partial charge in [-0.3, -0.25) is 4.79 Å². The number of carbonyl (C=O) groups excluding carboxylic acids is 1. The average Bonchev–Trinajstić information content (AvgIpc) is 2.42. The Labute approximate surface area is 114 Å². The number of aromatic nitrogens is 1. The van der Waals surface area contributed by atoms with Gasteiger partial charge in [-0.05, 0) is 37.8 Å². The minimum Gasteiger partial charge on any atom is -0.397 e. The summed E-state index contributed by atoms with van der Waals surface area (Å²) in [6.45, 7) is 4.40. The van der Waals surface area contributed by atoms with E-state index in [2.05, 4.69) is 10.3 Å². The van der Waals surface area contributed by atoms with Gasteiger partial charge in [0.05, 0.1) is 11.9 Å². The summed E-state index contributed by atoms with van der Waals surface area (Å²) in [5.74, 6) is 1.04. The largest absolute Gasteiger partial charge is 0.397 e. The van der Waals surface area contributed by atoms with Crippen LogP contribution in [0.1, 0.15) is 31.2 Å². The number of likely N-dealkylation sites (tertiary alicyclic amines) is 1. The number of nitrogens with two attached hydrogens (primary N) is 1. The van der Waals surface area contributed by atoms with Gasteiger partial charge in [0, 0.05) is 26.1 Å². The molecule has 0 saturated carbocycles. The van der Waals surface area contributed by atoms with Gasteiger partial charge in [-0.15, -0.1) is 0 Å². The van der Waals surface area contributed by atoms with E-state index in [1.165, 1.54) is 6.42 Å². The average molecular weight is 262 g/mol. The molecule has 2 rings (SSSR count). The Kier molecular flexibility index (Phi) is 4.60. The zero-order valence-electron chi connectivity index (χ0n) is 11.5. The van der Waals surface area contributed by atoms with Crippen LogP contribution in [0.4, 0.5) is 11.5 Å². The van der Waals surface area contributed by atoms with E-state index >= 15 is 0 Å². The van der Waals surface area contributed by atoms with Crippen molar-refractivity contribution in [2.75, 3.05) is 30.7 Å². The van der Waals surface area contributed by atoms with Crippen LogP contribution in [0.3, 0.4) is 0 Å². The fourth-order valence-electron chi connectivity index (χ4n) is 2.37. The zero-order chi connectivity index (χ0) is 13.7. The molecule has 1 aliphatic rings. The summed E-state index contributed by atoms with van der Waals surface area (Å²) in [4.78, 5) is 18.2. The smallest absolute Gasteiger partial charge is 0.224 e. The molecule has 5 nitrogen and oxygen atoms in total. The lowest BCUT2D eigenvalue weighted by Crippen LogP contribution is -2.36. The third-order valence-electron chi connectivity index (χ3n) is 3.44. The standard InChI is InChI=1S/C14H22N4O/c1-11-9-12(15)10-17-14(11)16-6-5-13(19)18-7-3-2-4-8-18/h9-10H,2-8,15H2,1H3,(H,16,17). The molecule has 1 saturated heterocycles. The minimum absolute atomic E-state index is 0.236.